The van der Waals surface area contributed by atoms with Gasteiger partial charge in [-0.1, -0.05) is 68.4 Å². The van der Waals surface area contributed by atoms with Crippen LogP contribution in [0, 0.1) is 0 Å². The van der Waals surface area contributed by atoms with Crippen LogP contribution in [0.4, 0.5) is 0 Å². The highest BCUT2D eigenvalue weighted by Crippen LogP contribution is 2.52. The summed E-state index contributed by atoms with van der Waals surface area (Å²) in [6.45, 7) is 4.61. The minimum atomic E-state index is -0.0412. The van der Waals surface area contributed by atoms with Crippen molar-refractivity contribution in [1.82, 2.24) is 19.5 Å². The molecule has 28 heavy (non-hydrogen) atoms. The molecule has 4 heteroatoms. The van der Waals surface area contributed by atoms with E-state index in [0.717, 1.165) is 5.52 Å². The van der Waals surface area contributed by atoms with E-state index in [2.05, 4.69) is 94.0 Å². The Bertz CT molecular complexity index is 1380. The summed E-state index contributed by atoms with van der Waals surface area (Å²) in [5, 5.41) is 2.44. The van der Waals surface area contributed by atoms with Gasteiger partial charge in [-0.2, -0.15) is 0 Å². The van der Waals surface area contributed by atoms with Crippen LogP contribution in [0.3, 0.4) is 0 Å². The SMILES string of the molecule is CC1(C)c2ccccc2-c2c1ccc1c3ccccc3n(-c3ncncn3)c21. The van der Waals surface area contributed by atoms with E-state index < -0.39 is 0 Å². The number of hydrogen-bond acceptors (Lipinski definition) is 3. The van der Waals surface area contributed by atoms with Crippen molar-refractivity contribution >= 4 is 21.8 Å². The quantitative estimate of drug-likeness (QED) is 0.408. The van der Waals surface area contributed by atoms with Crippen LogP contribution in [0.1, 0.15) is 25.0 Å². The lowest BCUT2D eigenvalue weighted by Gasteiger charge is -2.21. The second kappa shape index (κ2) is 5.26. The van der Waals surface area contributed by atoms with Crippen LogP contribution in [-0.4, -0.2) is 19.5 Å². The van der Waals surface area contributed by atoms with E-state index >= 15 is 0 Å². The molecule has 0 spiro atoms. The zero-order chi connectivity index (χ0) is 18.9. The van der Waals surface area contributed by atoms with Gasteiger partial charge in [0.2, 0.25) is 5.95 Å². The van der Waals surface area contributed by atoms with Crippen molar-refractivity contribution in [1.29, 1.82) is 0 Å². The monoisotopic (exact) mass is 362 g/mol. The van der Waals surface area contributed by atoms with Gasteiger partial charge in [0.15, 0.2) is 0 Å². The molecule has 2 aromatic heterocycles. The van der Waals surface area contributed by atoms with Crippen LogP contribution < -0.4 is 0 Å². The van der Waals surface area contributed by atoms with Crippen molar-refractivity contribution in [3.05, 3.63) is 84.4 Å². The molecule has 0 aliphatic heterocycles. The Morgan fingerprint density at radius 1 is 0.750 bits per heavy atom. The van der Waals surface area contributed by atoms with E-state index in [-0.39, 0.29) is 5.41 Å². The van der Waals surface area contributed by atoms with Gasteiger partial charge in [-0.15, -0.1) is 0 Å². The summed E-state index contributed by atoms with van der Waals surface area (Å²) < 4.78 is 2.18. The summed E-state index contributed by atoms with van der Waals surface area (Å²) in [4.78, 5) is 13.0. The van der Waals surface area contributed by atoms with Gasteiger partial charge in [0.1, 0.15) is 12.7 Å². The van der Waals surface area contributed by atoms with E-state index in [9.17, 15) is 0 Å². The zero-order valence-electron chi connectivity index (χ0n) is 15.7. The Morgan fingerprint density at radius 2 is 1.50 bits per heavy atom. The number of benzene rings is 3. The highest BCUT2D eigenvalue weighted by Gasteiger charge is 2.37. The number of hydrogen-bond donors (Lipinski definition) is 0. The highest BCUT2D eigenvalue weighted by molar-refractivity contribution is 6.15. The number of aromatic nitrogens is 4. The Kier molecular flexibility index (Phi) is 2.91. The predicted molar refractivity (Wildman–Crippen MR) is 112 cm³/mol. The normalized spacial score (nSPS) is 14.4. The minimum absolute atomic E-state index is 0.0412. The molecule has 0 atom stereocenters. The zero-order valence-corrected chi connectivity index (χ0v) is 15.7. The Morgan fingerprint density at radius 3 is 2.36 bits per heavy atom. The molecule has 0 fully saturated rings. The van der Waals surface area contributed by atoms with Gasteiger partial charge >= 0.3 is 0 Å². The van der Waals surface area contributed by atoms with Crippen molar-refractivity contribution in [2.45, 2.75) is 19.3 Å². The molecule has 0 bridgehead atoms. The molecule has 5 aromatic rings. The van der Waals surface area contributed by atoms with E-state index in [1.165, 1.54) is 38.5 Å². The molecule has 0 saturated heterocycles. The second-order valence-electron chi connectivity index (χ2n) is 7.85. The largest absolute Gasteiger partial charge is 0.277 e. The lowest BCUT2D eigenvalue weighted by atomic mass is 9.82. The molecule has 0 N–H and O–H groups in total. The van der Waals surface area contributed by atoms with Crippen molar-refractivity contribution in [3.63, 3.8) is 0 Å². The Hall–Kier alpha value is -3.53. The molecule has 1 aliphatic rings. The van der Waals surface area contributed by atoms with Crippen molar-refractivity contribution in [3.8, 4) is 17.1 Å². The van der Waals surface area contributed by atoms with Crippen LogP contribution in [0.25, 0.3) is 38.9 Å². The van der Waals surface area contributed by atoms with Crippen molar-refractivity contribution < 1.29 is 0 Å². The highest BCUT2D eigenvalue weighted by atomic mass is 15.2. The summed E-state index contributed by atoms with van der Waals surface area (Å²) in [6.07, 6.45) is 3.12. The molecule has 0 saturated carbocycles. The van der Waals surface area contributed by atoms with Crippen LogP contribution in [0.2, 0.25) is 0 Å². The van der Waals surface area contributed by atoms with E-state index in [4.69, 9.17) is 0 Å². The number of nitrogens with zero attached hydrogens (tertiary/aromatic N) is 4. The fourth-order valence-corrected chi connectivity index (χ4v) is 4.80. The molecular formula is C24H18N4. The predicted octanol–water partition coefficient (Wildman–Crippen LogP) is 5.28. The number of fused-ring (bicyclic) bond motifs is 7. The third kappa shape index (κ3) is 1.82. The molecule has 0 amide bonds. The van der Waals surface area contributed by atoms with Crippen LogP contribution >= 0.6 is 0 Å². The third-order valence-corrected chi connectivity index (χ3v) is 6.06. The van der Waals surface area contributed by atoms with E-state index in [1.54, 1.807) is 12.7 Å². The standard InChI is InChI=1S/C24H18N4/c1-24(2)18-9-5-3-8-17(18)21-19(24)12-11-16-15-7-4-6-10-20(15)28(22(16)21)23-26-13-25-14-27-23/h3-14H,1-2H3. The van der Waals surface area contributed by atoms with Gasteiger partial charge in [-0.05, 0) is 22.8 Å². The second-order valence-corrected chi connectivity index (χ2v) is 7.85. The van der Waals surface area contributed by atoms with Crippen LogP contribution in [0.15, 0.2) is 73.3 Å². The first-order valence-corrected chi connectivity index (χ1v) is 9.47. The molecule has 4 nitrogen and oxygen atoms in total. The summed E-state index contributed by atoms with van der Waals surface area (Å²) in [5.74, 6) is 0.650. The van der Waals surface area contributed by atoms with Gasteiger partial charge in [0.05, 0.1) is 11.0 Å². The summed E-state index contributed by atoms with van der Waals surface area (Å²) in [5.41, 5.74) is 7.54. The Balaban J connectivity index is 1.89. The molecular weight excluding hydrogens is 344 g/mol. The minimum Gasteiger partial charge on any atom is -0.277 e. The maximum Gasteiger partial charge on any atom is 0.237 e. The fourth-order valence-electron chi connectivity index (χ4n) is 4.80. The van der Waals surface area contributed by atoms with E-state index in [0.29, 0.717) is 5.95 Å². The van der Waals surface area contributed by atoms with Crippen molar-refractivity contribution in [2.24, 2.45) is 0 Å². The maximum absolute atomic E-state index is 4.48. The lowest BCUT2D eigenvalue weighted by molar-refractivity contribution is 0.660. The van der Waals surface area contributed by atoms with Crippen molar-refractivity contribution in [2.75, 3.05) is 0 Å². The molecule has 0 unspecified atom stereocenters. The van der Waals surface area contributed by atoms with Crippen LogP contribution in [-0.2, 0) is 5.41 Å². The number of rotatable bonds is 1. The first-order chi connectivity index (χ1) is 13.7. The van der Waals surface area contributed by atoms with Gasteiger partial charge < -0.3 is 0 Å². The first kappa shape index (κ1) is 15.5. The molecule has 134 valence electrons. The first-order valence-electron chi connectivity index (χ1n) is 9.47. The average Bonchev–Trinajstić information content (AvgIpc) is 3.19. The van der Waals surface area contributed by atoms with Gasteiger partial charge in [0, 0.05) is 21.8 Å². The summed E-state index contributed by atoms with van der Waals surface area (Å²) in [7, 11) is 0. The average molecular weight is 362 g/mol. The summed E-state index contributed by atoms with van der Waals surface area (Å²) >= 11 is 0. The maximum atomic E-state index is 4.48. The summed E-state index contributed by atoms with van der Waals surface area (Å²) in [6, 6.07) is 21.7. The Labute approximate surface area is 162 Å². The topological polar surface area (TPSA) is 43.6 Å². The van der Waals surface area contributed by atoms with Gasteiger partial charge in [-0.25, -0.2) is 15.0 Å². The molecule has 0 radical (unpaired) electrons. The third-order valence-electron chi connectivity index (χ3n) is 6.06. The van der Waals surface area contributed by atoms with Gasteiger partial charge in [-0.3, -0.25) is 4.57 Å². The molecule has 1 aliphatic carbocycles. The fraction of sp³-hybridized carbons (Fsp3) is 0.125. The van der Waals surface area contributed by atoms with Crippen LogP contribution in [0.5, 0.6) is 0 Å². The molecule has 3 aromatic carbocycles. The molecule has 6 rings (SSSR count). The lowest BCUT2D eigenvalue weighted by Crippen LogP contribution is -2.14. The molecule has 2 heterocycles. The van der Waals surface area contributed by atoms with E-state index in [1.807, 2.05) is 0 Å². The number of para-hydroxylation sites is 1. The van der Waals surface area contributed by atoms with Gasteiger partial charge in [0.25, 0.3) is 0 Å². The smallest absolute Gasteiger partial charge is 0.237 e.